The molecule has 0 saturated carbocycles. The molecule has 0 aliphatic heterocycles. The van der Waals surface area contributed by atoms with E-state index < -0.39 is 0 Å². The van der Waals surface area contributed by atoms with Crippen molar-refractivity contribution < 1.29 is 4.79 Å². The van der Waals surface area contributed by atoms with Crippen molar-refractivity contribution >= 4 is 45.0 Å². The summed E-state index contributed by atoms with van der Waals surface area (Å²) in [5.41, 5.74) is 1.74. The smallest absolute Gasteiger partial charge is 0.227 e. The second kappa shape index (κ2) is 7.30. The zero-order valence-electron chi connectivity index (χ0n) is 11.4. The molecule has 0 fully saturated rings. The SMILES string of the molecule is CN(Cc1ccc(Br)cc1)C(=O)Cc1c(Cl)cccc1Cl. The molecule has 1 amide bonds. The fourth-order valence-corrected chi connectivity index (χ4v) is 2.73. The number of amides is 1. The topological polar surface area (TPSA) is 20.3 Å². The lowest BCUT2D eigenvalue weighted by atomic mass is 10.1. The molecule has 0 saturated heterocycles. The van der Waals surface area contributed by atoms with Crippen molar-refractivity contribution in [3.8, 4) is 0 Å². The monoisotopic (exact) mass is 385 g/mol. The summed E-state index contributed by atoms with van der Waals surface area (Å²) in [6, 6.07) is 13.1. The minimum atomic E-state index is -0.0204. The van der Waals surface area contributed by atoms with Crippen LogP contribution in [0.25, 0.3) is 0 Å². The van der Waals surface area contributed by atoms with Gasteiger partial charge in [0.05, 0.1) is 6.42 Å². The summed E-state index contributed by atoms with van der Waals surface area (Å²) in [7, 11) is 1.77. The zero-order valence-corrected chi connectivity index (χ0v) is 14.5. The predicted octanol–water partition coefficient (Wildman–Crippen LogP) is 4.96. The number of benzene rings is 2. The van der Waals surface area contributed by atoms with Gasteiger partial charge in [0.25, 0.3) is 0 Å². The Morgan fingerprint density at radius 1 is 1.10 bits per heavy atom. The van der Waals surface area contributed by atoms with Gasteiger partial charge in [-0.25, -0.2) is 0 Å². The van der Waals surface area contributed by atoms with Crippen LogP contribution in [0.15, 0.2) is 46.9 Å². The van der Waals surface area contributed by atoms with Gasteiger partial charge in [-0.1, -0.05) is 57.3 Å². The van der Waals surface area contributed by atoms with Gasteiger partial charge in [0.2, 0.25) is 5.91 Å². The van der Waals surface area contributed by atoms with E-state index in [-0.39, 0.29) is 12.3 Å². The van der Waals surface area contributed by atoms with Crippen molar-refractivity contribution in [3.05, 3.63) is 68.1 Å². The molecule has 0 radical (unpaired) electrons. The molecule has 0 aromatic heterocycles. The molecule has 0 spiro atoms. The molecule has 0 heterocycles. The number of likely N-dealkylation sites (N-methyl/N-ethyl adjacent to an activating group) is 1. The van der Waals surface area contributed by atoms with E-state index in [1.54, 1.807) is 30.1 Å². The molecule has 0 atom stereocenters. The van der Waals surface area contributed by atoms with E-state index in [0.29, 0.717) is 22.2 Å². The van der Waals surface area contributed by atoms with E-state index in [9.17, 15) is 4.79 Å². The van der Waals surface area contributed by atoms with Crippen LogP contribution in [0, 0.1) is 0 Å². The number of carbonyl (C=O) groups excluding carboxylic acids is 1. The summed E-state index contributed by atoms with van der Waals surface area (Å²) in [5, 5.41) is 1.04. The quantitative estimate of drug-likeness (QED) is 0.727. The molecule has 2 aromatic carbocycles. The molecular weight excluding hydrogens is 373 g/mol. The molecule has 2 nitrogen and oxygen atoms in total. The molecule has 0 unspecified atom stereocenters. The standard InChI is InChI=1S/C16H14BrCl2NO/c1-20(10-11-5-7-12(17)8-6-11)16(21)9-13-14(18)3-2-4-15(13)19/h2-8H,9-10H2,1H3. The third-order valence-electron chi connectivity index (χ3n) is 3.15. The van der Waals surface area contributed by atoms with Gasteiger partial charge in [-0.05, 0) is 35.4 Å². The maximum absolute atomic E-state index is 12.3. The second-order valence-corrected chi connectivity index (χ2v) is 6.48. The molecule has 0 aliphatic carbocycles. The summed E-state index contributed by atoms with van der Waals surface area (Å²) in [6.07, 6.45) is 0.200. The lowest BCUT2D eigenvalue weighted by Gasteiger charge is -2.18. The molecule has 2 rings (SSSR count). The van der Waals surface area contributed by atoms with Crippen LogP contribution in [-0.2, 0) is 17.8 Å². The molecule has 5 heteroatoms. The van der Waals surface area contributed by atoms with E-state index >= 15 is 0 Å². The van der Waals surface area contributed by atoms with Crippen LogP contribution in [0.3, 0.4) is 0 Å². The Bertz CT molecular complexity index is 623. The minimum Gasteiger partial charge on any atom is -0.341 e. The van der Waals surface area contributed by atoms with Crippen LogP contribution >= 0.6 is 39.1 Å². The van der Waals surface area contributed by atoms with Gasteiger partial charge >= 0.3 is 0 Å². The van der Waals surface area contributed by atoms with Crippen molar-refractivity contribution in [2.24, 2.45) is 0 Å². The van der Waals surface area contributed by atoms with Crippen molar-refractivity contribution in [2.75, 3.05) is 7.05 Å². The number of carbonyl (C=O) groups is 1. The van der Waals surface area contributed by atoms with Gasteiger partial charge in [0.1, 0.15) is 0 Å². The Balaban J connectivity index is 2.04. The Hall–Kier alpha value is -1.03. The number of rotatable bonds is 4. The highest BCUT2D eigenvalue weighted by Crippen LogP contribution is 2.25. The average Bonchev–Trinajstić information content (AvgIpc) is 2.45. The first-order chi connectivity index (χ1) is 9.97. The van der Waals surface area contributed by atoms with Gasteiger partial charge < -0.3 is 4.90 Å². The largest absolute Gasteiger partial charge is 0.341 e. The van der Waals surface area contributed by atoms with Gasteiger partial charge in [-0.2, -0.15) is 0 Å². The van der Waals surface area contributed by atoms with Crippen LogP contribution in [0.5, 0.6) is 0 Å². The van der Waals surface area contributed by atoms with E-state index in [2.05, 4.69) is 15.9 Å². The Labute approximate surface area is 142 Å². The number of halogens is 3. The molecule has 0 N–H and O–H groups in total. The highest BCUT2D eigenvalue weighted by Gasteiger charge is 2.14. The van der Waals surface area contributed by atoms with Crippen molar-refractivity contribution in [1.82, 2.24) is 4.90 Å². The highest BCUT2D eigenvalue weighted by atomic mass is 79.9. The van der Waals surface area contributed by atoms with E-state index in [1.165, 1.54) is 0 Å². The zero-order chi connectivity index (χ0) is 15.4. The van der Waals surface area contributed by atoms with E-state index in [0.717, 1.165) is 10.0 Å². The summed E-state index contributed by atoms with van der Waals surface area (Å²) < 4.78 is 1.02. The van der Waals surface area contributed by atoms with Gasteiger partial charge in [0.15, 0.2) is 0 Å². The van der Waals surface area contributed by atoms with Crippen LogP contribution in [-0.4, -0.2) is 17.9 Å². The van der Waals surface area contributed by atoms with E-state index in [4.69, 9.17) is 23.2 Å². The first-order valence-electron chi connectivity index (χ1n) is 6.38. The number of hydrogen-bond donors (Lipinski definition) is 0. The molecular formula is C16H14BrCl2NO. The molecule has 2 aromatic rings. The maximum atomic E-state index is 12.3. The van der Waals surface area contributed by atoms with Gasteiger partial charge in [-0.3, -0.25) is 4.79 Å². The van der Waals surface area contributed by atoms with Gasteiger partial charge in [-0.15, -0.1) is 0 Å². The number of hydrogen-bond acceptors (Lipinski definition) is 1. The normalized spacial score (nSPS) is 10.5. The van der Waals surface area contributed by atoms with E-state index in [1.807, 2.05) is 24.3 Å². The lowest BCUT2D eigenvalue weighted by molar-refractivity contribution is -0.129. The summed E-state index contributed by atoms with van der Waals surface area (Å²) >= 11 is 15.6. The molecule has 0 aliphatic rings. The fourth-order valence-electron chi connectivity index (χ4n) is 1.94. The van der Waals surface area contributed by atoms with Crippen LogP contribution in [0.2, 0.25) is 10.0 Å². The maximum Gasteiger partial charge on any atom is 0.227 e. The Morgan fingerprint density at radius 3 is 2.24 bits per heavy atom. The second-order valence-electron chi connectivity index (χ2n) is 4.75. The fraction of sp³-hybridized carbons (Fsp3) is 0.188. The van der Waals surface area contributed by atoms with Crippen LogP contribution in [0.4, 0.5) is 0 Å². The average molecular weight is 387 g/mol. The van der Waals surface area contributed by atoms with Crippen molar-refractivity contribution in [1.29, 1.82) is 0 Å². The van der Waals surface area contributed by atoms with Crippen LogP contribution in [0.1, 0.15) is 11.1 Å². The van der Waals surface area contributed by atoms with Crippen LogP contribution < -0.4 is 0 Å². The van der Waals surface area contributed by atoms with Crippen molar-refractivity contribution in [2.45, 2.75) is 13.0 Å². The summed E-state index contributed by atoms with van der Waals surface area (Å²) in [6.45, 7) is 0.550. The Kier molecular flexibility index (Phi) is 5.68. The summed E-state index contributed by atoms with van der Waals surface area (Å²) in [4.78, 5) is 14.0. The first kappa shape index (κ1) is 16.3. The third-order valence-corrected chi connectivity index (χ3v) is 4.39. The highest BCUT2D eigenvalue weighted by molar-refractivity contribution is 9.10. The summed E-state index contributed by atoms with van der Waals surface area (Å²) in [5.74, 6) is -0.0204. The molecule has 110 valence electrons. The van der Waals surface area contributed by atoms with Gasteiger partial charge in [0, 0.05) is 28.1 Å². The predicted molar refractivity (Wildman–Crippen MR) is 90.8 cm³/mol. The van der Waals surface area contributed by atoms with Crippen molar-refractivity contribution in [3.63, 3.8) is 0 Å². The lowest BCUT2D eigenvalue weighted by Crippen LogP contribution is -2.27. The first-order valence-corrected chi connectivity index (χ1v) is 7.93. The Morgan fingerprint density at radius 2 is 1.67 bits per heavy atom. The molecule has 21 heavy (non-hydrogen) atoms. The number of nitrogens with zero attached hydrogens (tertiary/aromatic N) is 1. The molecule has 0 bridgehead atoms. The third kappa shape index (κ3) is 4.47. The minimum absolute atomic E-state index is 0.0204.